The fourth-order valence-corrected chi connectivity index (χ4v) is 1.02. The van der Waals surface area contributed by atoms with E-state index < -0.39 is 0 Å². The van der Waals surface area contributed by atoms with Gasteiger partial charge < -0.3 is 4.42 Å². The molecule has 1 aromatic heterocycles. The van der Waals surface area contributed by atoms with Crippen molar-refractivity contribution in [2.75, 3.05) is 0 Å². The molecule has 13 heavy (non-hydrogen) atoms. The molecule has 0 saturated carbocycles. The van der Waals surface area contributed by atoms with Crippen molar-refractivity contribution in [2.24, 2.45) is 4.99 Å². The predicted octanol–water partition coefficient (Wildman–Crippen LogP) is 3.03. The van der Waals surface area contributed by atoms with Gasteiger partial charge in [-0.1, -0.05) is 30.3 Å². The van der Waals surface area contributed by atoms with Crippen molar-refractivity contribution in [2.45, 2.75) is 0 Å². The number of hydrogen-bond donors (Lipinski definition) is 0. The average Bonchev–Trinajstić information content (AvgIpc) is 2.69. The van der Waals surface area contributed by atoms with Gasteiger partial charge in [0.2, 0.25) is 5.88 Å². The molecule has 0 unspecified atom stereocenters. The van der Waals surface area contributed by atoms with Gasteiger partial charge in [0.1, 0.15) is 0 Å². The molecule has 2 rings (SSSR count). The largest absolute Gasteiger partial charge is 0.447 e. The van der Waals surface area contributed by atoms with Gasteiger partial charge in [-0.15, -0.1) is 0 Å². The highest BCUT2D eigenvalue weighted by Gasteiger charge is 1.88. The van der Waals surface area contributed by atoms with Crippen LogP contribution >= 0.6 is 0 Å². The number of aliphatic imine (C=N–C) groups is 1. The van der Waals surface area contributed by atoms with Crippen molar-refractivity contribution in [3.05, 3.63) is 54.3 Å². The number of hydrogen-bond acceptors (Lipinski definition) is 2. The molecule has 1 heterocycles. The van der Waals surface area contributed by atoms with Crippen LogP contribution in [0, 0.1) is 0 Å². The van der Waals surface area contributed by atoms with Gasteiger partial charge in [0.15, 0.2) is 0 Å². The number of benzene rings is 1. The number of nitrogens with zero attached hydrogens (tertiary/aromatic N) is 1. The summed E-state index contributed by atoms with van der Waals surface area (Å²) in [5.41, 5.74) is 1.07. The minimum absolute atomic E-state index is 0.629. The average molecular weight is 171 g/mol. The Bertz CT molecular complexity index is 376. The van der Waals surface area contributed by atoms with Crippen LogP contribution in [0.1, 0.15) is 5.56 Å². The van der Waals surface area contributed by atoms with Crippen molar-refractivity contribution in [1.29, 1.82) is 0 Å². The SMILES string of the molecule is C(=N\c1ccco1)/c1ccccc1. The highest BCUT2D eigenvalue weighted by Crippen LogP contribution is 2.10. The lowest BCUT2D eigenvalue weighted by molar-refractivity contribution is 0.578. The van der Waals surface area contributed by atoms with E-state index in [1.54, 1.807) is 12.5 Å². The van der Waals surface area contributed by atoms with Crippen LogP contribution in [0.2, 0.25) is 0 Å². The summed E-state index contributed by atoms with van der Waals surface area (Å²) in [5.74, 6) is 0.629. The van der Waals surface area contributed by atoms with Crippen LogP contribution in [-0.2, 0) is 0 Å². The molecule has 2 aromatic rings. The Morgan fingerprint density at radius 1 is 1.00 bits per heavy atom. The van der Waals surface area contributed by atoms with Gasteiger partial charge in [-0.05, 0) is 11.6 Å². The molecule has 0 radical (unpaired) electrons. The lowest BCUT2D eigenvalue weighted by atomic mass is 10.2. The van der Waals surface area contributed by atoms with E-state index in [-0.39, 0.29) is 0 Å². The second kappa shape index (κ2) is 3.72. The minimum atomic E-state index is 0.629. The second-order valence-corrected chi connectivity index (χ2v) is 2.62. The Labute approximate surface area is 76.5 Å². The summed E-state index contributed by atoms with van der Waals surface area (Å²) in [5, 5.41) is 0. The van der Waals surface area contributed by atoms with Gasteiger partial charge in [0, 0.05) is 12.3 Å². The summed E-state index contributed by atoms with van der Waals surface area (Å²) in [6.45, 7) is 0. The van der Waals surface area contributed by atoms with Crippen molar-refractivity contribution in [3.63, 3.8) is 0 Å². The molecular weight excluding hydrogens is 162 g/mol. The molecule has 1 aromatic carbocycles. The topological polar surface area (TPSA) is 25.5 Å². The van der Waals surface area contributed by atoms with E-state index >= 15 is 0 Å². The summed E-state index contributed by atoms with van der Waals surface area (Å²) < 4.78 is 5.06. The van der Waals surface area contributed by atoms with Crippen LogP contribution in [0.15, 0.2) is 58.1 Å². The Kier molecular flexibility index (Phi) is 2.23. The maximum Gasteiger partial charge on any atom is 0.218 e. The maximum absolute atomic E-state index is 5.06. The van der Waals surface area contributed by atoms with Gasteiger partial charge in [0.25, 0.3) is 0 Å². The first kappa shape index (κ1) is 7.80. The smallest absolute Gasteiger partial charge is 0.218 e. The van der Waals surface area contributed by atoms with Crippen LogP contribution in [0.3, 0.4) is 0 Å². The third-order valence-electron chi connectivity index (χ3n) is 1.65. The molecular formula is C11H9NO. The zero-order valence-electron chi connectivity index (χ0n) is 7.05. The van der Waals surface area contributed by atoms with Crippen molar-refractivity contribution in [3.8, 4) is 0 Å². The van der Waals surface area contributed by atoms with E-state index in [9.17, 15) is 0 Å². The van der Waals surface area contributed by atoms with Crippen LogP contribution in [0.4, 0.5) is 5.88 Å². The van der Waals surface area contributed by atoms with Gasteiger partial charge in [-0.2, -0.15) is 0 Å². The van der Waals surface area contributed by atoms with Gasteiger partial charge in [-0.3, -0.25) is 0 Å². The molecule has 0 atom stereocenters. The zero-order valence-corrected chi connectivity index (χ0v) is 7.05. The van der Waals surface area contributed by atoms with E-state index in [2.05, 4.69) is 4.99 Å². The number of furan rings is 1. The highest BCUT2D eigenvalue weighted by atomic mass is 16.3. The van der Waals surface area contributed by atoms with E-state index in [4.69, 9.17) is 4.42 Å². The number of rotatable bonds is 2. The highest BCUT2D eigenvalue weighted by molar-refractivity contribution is 5.81. The first-order valence-electron chi connectivity index (χ1n) is 4.08. The molecule has 0 spiro atoms. The normalized spacial score (nSPS) is 10.8. The molecule has 64 valence electrons. The van der Waals surface area contributed by atoms with E-state index in [0.29, 0.717) is 5.88 Å². The lowest BCUT2D eigenvalue weighted by Gasteiger charge is -1.88. The molecule has 0 aliphatic heterocycles. The Balaban J connectivity index is 2.15. The van der Waals surface area contributed by atoms with E-state index in [0.717, 1.165) is 5.56 Å². The molecule has 0 fully saturated rings. The van der Waals surface area contributed by atoms with Gasteiger partial charge >= 0.3 is 0 Å². The minimum Gasteiger partial charge on any atom is -0.447 e. The summed E-state index contributed by atoms with van der Waals surface area (Å²) in [7, 11) is 0. The fourth-order valence-electron chi connectivity index (χ4n) is 1.02. The maximum atomic E-state index is 5.06. The van der Waals surface area contributed by atoms with Crippen LogP contribution in [0.25, 0.3) is 0 Å². The third kappa shape index (κ3) is 2.06. The molecule has 0 aliphatic carbocycles. The lowest BCUT2D eigenvalue weighted by Crippen LogP contribution is -1.76. The zero-order chi connectivity index (χ0) is 8.93. The predicted molar refractivity (Wildman–Crippen MR) is 52.4 cm³/mol. The molecule has 2 heteroatoms. The molecule has 0 N–H and O–H groups in total. The molecule has 0 saturated heterocycles. The van der Waals surface area contributed by atoms with Gasteiger partial charge in [-0.25, -0.2) is 4.99 Å². The van der Waals surface area contributed by atoms with Crippen molar-refractivity contribution < 1.29 is 4.42 Å². The summed E-state index contributed by atoms with van der Waals surface area (Å²) in [6, 6.07) is 13.5. The van der Waals surface area contributed by atoms with E-state index in [1.165, 1.54) is 0 Å². The standard InChI is InChI=1S/C11H9NO/c1-2-5-10(6-3-1)9-12-11-7-4-8-13-11/h1-9H/b12-9+. The first-order chi connectivity index (χ1) is 6.45. The Morgan fingerprint density at radius 3 is 2.54 bits per heavy atom. The molecule has 0 amide bonds. The van der Waals surface area contributed by atoms with Crippen LogP contribution in [-0.4, -0.2) is 6.21 Å². The van der Waals surface area contributed by atoms with E-state index in [1.807, 2.05) is 42.5 Å². The van der Waals surface area contributed by atoms with Crippen molar-refractivity contribution >= 4 is 12.1 Å². The first-order valence-corrected chi connectivity index (χ1v) is 4.08. The van der Waals surface area contributed by atoms with Crippen molar-refractivity contribution in [1.82, 2.24) is 0 Å². The second-order valence-electron chi connectivity index (χ2n) is 2.62. The Morgan fingerprint density at radius 2 is 1.85 bits per heavy atom. The molecule has 2 nitrogen and oxygen atoms in total. The molecule has 0 bridgehead atoms. The Hall–Kier alpha value is -1.83. The quantitative estimate of drug-likeness (QED) is 0.637. The third-order valence-corrected chi connectivity index (χ3v) is 1.65. The summed E-state index contributed by atoms with van der Waals surface area (Å²) >= 11 is 0. The van der Waals surface area contributed by atoms with Crippen LogP contribution < -0.4 is 0 Å². The van der Waals surface area contributed by atoms with Gasteiger partial charge in [0.05, 0.1) is 6.26 Å². The van der Waals surface area contributed by atoms with Crippen LogP contribution in [0.5, 0.6) is 0 Å². The molecule has 0 aliphatic rings. The summed E-state index contributed by atoms with van der Waals surface area (Å²) in [4.78, 5) is 4.14. The monoisotopic (exact) mass is 171 g/mol. The summed E-state index contributed by atoms with van der Waals surface area (Å²) in [6.07, 6.45) is 3.39. The fraction of sp³-hybridized carbons (Fsp3) is 0.